The van der Waals surface area contributed by atoms with Crippen molar-refractivity contribution in [2.75, 3.05) is 26.0 Å². The number of nitrogens with zero attached hydrogens (tertiary/aromatic N) is 2. The number of nitrogens with one attached hydrogen (secondary N) is 1. The van der Waals surface area contributed by atoms with Gasteiger partial charge >= 0.3 is 0 Å². The van der Waals surface area contributed by atoms with Crippen molar-refractivity contribution in [2.45, 2.75) is 13.0 Å². The van der Waals surface area contributed by atoms with E-state index in [9.17, 15) is 4.79 Å². The predicted octanol–water partition coefficient (Wildman–Crippen LogP) is 1.73. The van der Waals surface area contributed by atoms with E-state index >= 15 is 0 Å². The second-order valence-electron chi connectivity index (χ2n) is 4.77. The number of rotatable bonds is 4. The number of carbonyl (C=O) groups is 1. The Balaban J connectivity index is 2.47. The summed E-state index contributed by atoms with van der Waals surface area (Å²) in [7, 11) is 3.45. The van der Waals surface area contributed by atoms with Crippen molar-refractivity contribution >= 4 is 22.5 Å². The third-order valence-corrected chi connectivity index (χ3v) is 3.44. The van der Waals surface area contributed by atoms with Crippen LogP contribution in [0.1, 0.15) is 17.4 Å². The number of benzene rings is 1. The van der Waals surface area contributed by atoms with E-state index < -0.39 is 0 Å². The molecule has 0 aliphatic heterocycles. The van der Waals surface area contributed by atoms with Gasteiger partial charge in [-0.25, -0.2) is 4.98 Å². The molecule has 0 fully saturated rings. The Bertz CT molecular complexity index is 628. The molecule has 0 saturated carbocycles. The van der Waals surface area contributed by atoms with Crippen LogP contribution < -0.4 is 5.32 Å². The number of fused-ring (bicyclic) bond motifs is 1. The normalized spacial score (nSPS) is 12.2. The van der Waals surface area contributed by atoms with E-state index in [1.807, 2.05) is 24.3 Å². The highest BCUT2D eigenvalue weighted by Gasteiger charge is 2.19. The van der Waals surface area contributed by atoms with E-state index in [-0.39, 0.29) is 18.6 Å². The number of aliphatic hydroxyl groups is 1. The third kappa shape index (κ3) is 2.58. The molecule has 2 aromatic rings. The van der Waals surface area contributed by atoms with Crippen LogP contribution in [0.25, 0.3) is 10.8 Å². The summed E-state index contributed by atoms with van der Waals surface area (Å²) < 4.78 is 0. The topological polar surface area (TPSA) is 65.5 Å². The summed E-state index contributed by atoms with van der Waals surface area (Å²) >= 11 is 0. The van der Waals surface area contributed by atoms with Crippen LogP contribution in [0.2, 0.25) is 0 Å². The van der Waals surface area contributed by atoms with Gasteiger partial charge in [0.25, 0.3) is 5.91 Å². The molecule has 5 heteroatoms. The van der Waals surface area contributed by atoms with Crippen molar-refractivity contribution in [1.82, 2.24) is 9.88 Å². The molecule has 0 aliphatic rings. The first kappa shape index (κ1) is 14.3. The quantitative estimate of drug-likeness (QED) is 0.890. The van der Waals surface area contributed by atoms with Crippen LogP contribution >= 0.6 is 0 Å². The van der Waals surface area contributed by atoms with Gasteiger partial charge in [-0.3, -0.25) is 4.79 Å². The minimum absolute atomic E-state index is 0.0747. The fraction of sp³-hybridized carbons (Fsp3) is 0.333. The van der Waals surface area contributed by atoms with E-state index in [0.717, 1.165) is 10.8 Å². The molecule has 1 amide bonds. The van der Waals surface area contributed by atoms with Gasteiger partial charge in [-0.05, 0) is 18.4 Å². The van der Waals surface area contributed by atoms with Crippen molar-refractivity contribution in [2.24, 2.45) is 0 Å². The highest BCUT2D eigenvalue weighted by Crippen LogP contribution is 2.22. The lowest BCUT2D eigenvalue weighted by molar-refractivity contribution is 0.0676. The van der Waals surface area contributed by atoms with Gasteiger partial charge in [0.15, 0.2) is 0 Å². The molecule has 0 saturated heterocycles. The summed E-state index contributed by atoms with van der Waals surface area (Å²) in [5.41, 5.74) is 0.371. The van der Waals surface area contributed by atoms with Gasteiger partial charge in [0, 0.05) is 19.5 Å². The molecule has 1 unspecified atom stereocenters. The molecule has 0 radical (unpaired) electrons. The smallest absolute Gasteiger partial charge is 0.272 e. The zero-order valence-electron chi connectivity index (χ0n) is 11.9. The lowest BCUT2D eigenvalue weighted by Crippen LogP contribution is -2.37. The van der Waals surface area contributed by atoms with Crippen molar-refractivity contribution in [3.8, 4) is 0 Å². The van der Waals surface area contributed by atoms with Crippen LogP contribution in [0.5, 0.6) is 0 Å². The third-order valence-electron chi connectivity index (χ3n) is 3.44. The SMILES string of the molecule is CNc1nc(C(=O)N(C)C(C)CO)cc2ccccc12. The Hall–Kier alpha value is -2.14. The first-order valence-electron chi connectivity index (χ1n) is 6.54. The molecule has 1 heterocycles. The molecule has 20 heavy (non-hydrogen) atoms. The van der Waals surface area contributed by atoms with Crippen molar-refractivity contribution in [1.29, 1.82) is 0 Å². The van der Waals surface area contributed by atoms with Crippen LogP contribution in [0.3, 0.4) is 0 Å². The predicted molar refractivity (Wildman–Crippen MR) is 79.9 cm³/mol. The summed E-state index contributed by atoms with van der Waals surface area (Å²) in [6, 6.07) is 9.31. The fourth-order valence-electron chi connectivity index (χ4n) is 2.00. The molecule has 1 atom stereocenters. The highest BCUT2D eigenvalue weighted by molar-refractivity contribution is 6.00. The van der Waals surface area contributed by atoms with Gasteiger partial charge in [0.05, 0.1) is 12.6 Å². The standard InChI is InChI=1S/C15H19N3O2/c1-10(9-19)18(3)15(20)13-8-11-6-4-5-7-12(11)14(16-2)17-13/h4-8,10,19H,9H2,1-3H3,(H,16,17). The molecule has 2 rings (SSSR count). The number of aromatic nitrogens is 1. The second-order valence-corrected chi connectivity index (χ2v) is 4.77. The van der Waals surface area contributed by atoms with Gasteiger partial charge in [-0.2, -0.15) is 0 Å². The maximum Gasteiger partial charge on any atom is 0.272 e. The molecular weight excluding hydrogens is 254 g/mol. The largest absolute Gasteiger partial charge is 0.394 e. The first-order valence-corrected chi connectivity index (χ1v) is 6.54. The molecule has 5 nitrogen and oxygen atoms in total. The number of aliphatic hydroxyl groups excluding tert-OH is 1. The summed E-state index contributed by atoms with van der Waals surface area (Å²) in [5.74, 6) is 0.477. The van der Waals surface area contributed by atoms with Gasteiger partial charge in [-0.15, -0.1) is 0 Å². The molecule has 106 valence electrons. The number of hydrogen-bond acceptors (Lipinski definition) is 4. The first-order chi connectivity index (χ1) is 9.58. The van der Waals surface area contributed by atoms with Gasteiger partial charge in [-0.1, -0.05) is 24.3 Å². The summed E-state index contributed by atoms with van der Waals surface area (Å²) in [6.07, 6.45) is 0. The molecule has 0 spiro atoms. The average molecular weight is 273 g/mol. The summed E-state index contributed by atoms with van der Waals surface area (Å²) in [4.78, 5) is 18.3. The average Bonchev–Trinajstić information content (AvgIpc) is 2.51. The second kappa shape index (κ2) is 5.88. The van der Waals surface area contributed by atoms with E-state index in [4.69, 9.17) is 5.11 Å². The monoisotopic (exact) mass is 273 g/mol. The maximum atomic E-state index is 12.4. The van der Waals surface area contributed by atoms with Crippen LogP contribution in [0, 0.1) is 0 Å². The Morgan fingerprint density at radius 3 is 2.80 bits per heavy atom. The zero-order valence-corrected chi connectivity index (χ0v) is 11.9. The highest BCUT2D eigenvalue weighted by atomic mass is 16.3. The van der Waals surface area contributed by atoms with Gasteiger partial charge < -0.3 is 15.3 Å². The van der Waals surface area contributed by atoms with E-state index in [0.29, 0.717) is 11.5 Å². The van der Waals surface area contributed by atoms with Crippen LogP contribution in [-0.4, -0.2) is 47.6 Å². The molecule has 2 N–H and O–H groups in total. The molecule has 1 aromatic heterocycles. The fourth-order valence-corrected chi connectivity index (χ4v) is 2.00. The minimum atomic E-state index is -0.242. The molecular formula is C15H19N3O2. The van der Waals surface area contributed by atoms with Crippen molar-refractivity contribution in [3.63, 3.8) is 0 Å². The van der Waals surface area contributed by atoms with Crippen LogP contribution in [-0.2, 0) is 0 Å². The van der Waals surface area contributed by atoms with E-state index in [1.54, 1.807) is 27.1 Å². The lowest BCUT2D eigenvalue weighted by atomic mass is 10.1. The number of pyridine rings is 1. The van der Waals surface area contributed by atoms with E-state index in [1.165, 1.54) is 4.90 Å². The number of hydrogen-bond donors (Lipinski definition) is 2. The van der Waals surface area contributed by atoms with E-state index in [2.05, 4.69) is 10.3 Å². The Morgan fingerprint density at radius 1 is 1.45 bits per heavy atom. The zero-order chi connectivity index (χ0) is 14.7. The molecule has 0 aliphatic carbocycles. The van der Waals surface area contributed by atoms with Crippen LogP contribution in [0.15, 0.2) is 30.3 Å². The summed E-state index contributed by atoms with van der Waals surface area (Å²) in [5, 5.41) is 14.1. The maximum absolute atomic E-state index is 12.4. The molecule has 0 bridgehead atoms. The lowest BCUT2D eigenvalue weighted by Gasteiger charge is -2.23. The number of amides is 1. The Kier molecular flexibility index (Phi) is 4.20. The minimum Gasteiger partial charge on any atom is -0.394 e. The number of anilines is 1. The van der Waals surface area contributed by atoms with Crippen molar-refractivity contribution < 1.29 is 9.90 Å². The number of likely N-dealkylation sites (N-methyl/N-ethyl adjacent to an activating group) is 1. The molecule has 1 aromatic carbocycles. The van der Waals surface area contributed by atoms with Gasteiger partial charge in [0.2, 0.25) is 0 Å². The Labute approximate surface area is 118 Å². The number of carbonyl (C=O) groups excluding carboxylic acids is 1. The van der Waals surface area contributed by atoms with Gasteiger partial charge in [0.1, 0.15) is 11.5 Å². The van der Waals surface area contributed by atoms with Crippen LogP contribution in [0.4, 0.5) is 5.82 Å². The Morgan fingerprint density at radius 2 is 2.15 bits per heavy atom. The van der Waals surface area contributed by atoms with Crippen molar-refractivity contribution in [3.05, 3.63) is 36.0 Å². The summed E-state index contributed by atoms with van der Waals surface area (Å²) in [6.45, 7) is 1.71.